The van der Waals surface area contributed by atoms with Crippen molar-refractivity contribution in [3.63, 3.8) is 0 Å². The Morgan fingerprint density at radius 3 is 2.69 bits per heavy atom. The predicted molar refractivity (Wildman–Crippen MR) is 115 cm³/mol. The van der Waals surface area contributed by atoms with Gasteiger partial charge in [0.1, 0.15) is 5.65 Å². The summed E-state index contributed by atoms with van der Waals surface area (Å²) in [7, 11) is 0. The zero-order valence-electron chi connectivity index (χ0n) is 18.0. The quantitative estimate of drug-likeness (QED) is 0.639. The van der Waals surface area contributed by atoms with Gasteiger partial charge in [0.05, 0.1) is 19.4 Å². The maximum atomic E-state index is 13.1. The molecule has 2 N–H and O–H groups in total. The van der Waals surface area contributed by atoms with Gasteiger partial charge in [-0.1, -0.05) is 6.92 Å². The van der Waals surface area contributed by atoms with Crippen LogP contribution in [0.15, 0.2) is 17.1 Å². The number of morpholine rings is 1. The second kappa shape index (κ2) is 7.77. The SMILES string of the molecule is CC1(Cn2c(O)c(C(=O)NC3CC3)c(=O)n3ncc(C=CC(=O)N4CCOCC4)c23)CC1. The first-order chi connectivity index (χ1) is 15.4. The van der Waals surface area contributed by atoms with E-state index in [0.29, 0.717) is 44.1 Å². The third-order valence-corrected chi connectivity index (χ3v) is 6.42. The van der Waals surface area contributed by atoms with Crippen molar-refractivity contribution in [2.45, 2.75) is 45.2 Å². The average Bonchev–Trinajstić information content (AvgIpc) is 3.69. The van der Waals surface area contributed by atoms with Gasteiger partial charge in [-0.05, 0) is 37.2 Å². The van der Waals surface area contributed by atoms with E-state index in [9.17, 15) is 19.5 Å². The van der Waals surface area contributed by atoms with Gasteiger partial charge in [-0.15, -0.1) is 0 Å². The molecule has 3 fully saturated rings. The number of carbonyl (C=O) groups excluding carboxylic acids is 2. The van der Waals surface area contributed by atoms with Crippen molar-refractivity contribution >= 4 is 23.5 Å². The monoisotopic (exact) mass is 441 g/mol. The molecule has 2 amide bonds. The Balaban J connectivity index is 1.56. The Bertz CT molecular complexity index is 1170. The van der Waals surface area contributed by atoms with E-state index in [1.165, 1.54) is 12.3 Å². The van der Waals surface area contributed by atoms with Crippen LogP contribution >= 0.6 is 0 Å². The van der Waals surface area contributed by atoms with Gasteiger partial charge in [-0.25, -0.2) is 0 Å². The lowest BCUT2D eigenvalue weighted by Gasteiger charge is -2.25. The molecule has 5 rings (SSSR count). The lowest BCUT2D eigenvalue weighted by atomic mass is 10.1. The van der Waals surface area contributed by atoms with Crippen molar-refractivity contribution in [2.75, 3.05) is 26.3 Å². The van der Waals surface area contributed by atoms with Gasteiger partial charge >= 0.3 is 0 Å². The number of nitrogens with one attached hydrogen (secondary N) is 1. The number of nitrogens with zero attached hydrogens (tertiary/aromatic N) is 4. The first-order valence-corrected chi connectivity index (χ1v) is 11.1. The van der Waals surface area contributed by atoms with Gasteiger partial charge in [0, 0.05) is 37.3 Å². The fourth-order valence-electron chi connectivity index (χ4n) is 3.96. The summed E-state index contributed by atoms with van der Waals surface area (Å²) in [6.45, 7) is 4.61. The predicted octanol–water partition coefficient (Wildman–Crippen LogP) is 0.766. The van der Waals surface area contributed by atoms with Gasteiger partial charge in [-0.3, -0.25) is 19.0 Å². The lowest BCUT2D eigenvalue weighted by molar-refractivity contribution is -0.129. The molecule has 0 aromatic carbocycles. The minimum absolute atomic E-state index is 0.0217. The maximum absolute atomic E-state index is 13.1. The second-order valence-corrected chi connectivity index (χ2v) is 9.25. The van der Waals surface area contributed by atoms with E-state index in [-0.39, 0.29) is 28.8 Å². The number of amides is 2. The molecular formula is C22H27N5O5. The number of aromatic hydroxyl groups is 1. The highest BCUT2D eigenvalue weighted by molar-refractivity contribution is 5.97. The van der Waals surface area contributed by atoms with Crippen molar-refractivity contribution in [3.8, 4) is 5.88 Å². The number of ether oxygens (including phenoxy) is 1. The van der Waals surface area contributed by atoms with Crippen molar-refractivity contribution in [3.05, 3.63) is 33.8 Å². The number of rotatable bonds is 6. The number of fused-ring (bicyclic) bond motifs is 1. The summed E-state index contributed by atoms with van der Waals surface area (Å²) < 4.78 is 8.01. The highest BCUT2D eigenvalue weighted by atomic mass is 16.5. The van der Waals surface area contributed by atoms with Gasteiger partial charge in [0.2, 0.25) is 11.8 Å². The molecule has 0 unspecified atom stereocenters. The Morgan fingerprint density at radius 1 is 1.31 bits per heavy atom. The van der Waals surface area contributed by atoms with E-state index in [2.05, 4.69) is 17.3 Å². The van der Waals surface area contributed by atoms with E-state index in [0.717, 1.165) is 30.2 Å². The number of carbonyl (C=O) groups is 2. The number of hydrogen-bond donors (Lipinski definition) is 2. The summed E-state index contributed by atoms with van der Waals surface area (Å²) in [5.41, 5.74) is -0.0951. The van der Waals surface area contributed by atoms with E-state index in [4.69, 9.17) is 4.74 Å². The third kappa shape index (κ3) is 3.90. The summed E-state index contributed by atoms with van der Waals surface area (Å²) in [5.74, 6) is -1.09. The zero-order chi connectivity index (χ0) is 22.5. The van der Waals surface area contributed by atoms with Gasteiger partial charge in [0.25, 0.3) is 11.5 Å². The molecule has 0 bridgehead atoms. The fraction of sp³-hybridized carbons (Fsp3) is 0.545. The molecular weight excluding hydrogens is 414 g/mol. The fourth-order valence-corrected chi connectivity index (χ4v) is 3.96. The Hall–Kier alpha value is -3.14. The summed E-state index contributed by atoms with van der Waals surface area (Å²) in [6.07, 6.45) is 8.25. The van der Waals surface area contributed by atoms with Crippen LogP contribution in [0.2, 0.25) is 0 Å². The number of aromatic nitrogens is 3. The van der Waals surface area contributed by atoms with E-state index in [1.54, 1.807) is 15.5 Å². The summed E-state index contributed by atoms with van der Waals surface area (Å²) in [5, 5.41) is 18.0. The van der Waals surface area contributed by atoms with Crippen LogP contribution in [-0.2, 0) is 16.1 Å². The third-order valence-electron chi connectivity index (χ3n) is 6.42. The molecule has 2 aromatic rings. The van der Waals surface area contributed by atoms with Crippen molar-refractivity contribution in [2.24, 2.45) is 5.41 Å². The van der Waals surface area contributed by atoms with Gasteiger partial charge in [-0.2, -0.15) is 9.61 Å². The molecule has 10 nitrogen and oxygen atoms in total. The Labute approximate surface area is 184 Å². The molecule has 0 atom stereocenters. The molecule has 2 aromatic heterocycles. The summed E-state index contributed by atoms with van der Waals surface area (Å²) in [6, 6.07) is 0.0497. The molecule has 1 saturated heterocycles. The molecule has 0 spiro atoms. The smallest absolute Gasteiger partial charge is 0.291 e. The van der Waals surface area contributed by atoms with Crippen LogP contribution in [0.25, 0.3) is 11.7 Å². The molecule has 2 aliphatic carbocycles. The van der Waals surface area contributed by atoms with Crippen molar-refractivity contribution in [1.82, 2.24) is 24.4 Å². The molecule has 170 valence electrons. The molecule has 3 heterocycles. The number of hydrogen-bond acceptors (Lipinski definition) is 6. The summed E-state index contributed by atoms with van der Waals surface area (Å²) in [4.78, 5) is 40.0. The van der Waals surface area contributed by atoms with Crippen LogP contribution in [0.3, 0.4) is 0 Å². The summed E-state index contributed by atoms with van der Waals surface area (Å²) >= 11 is 0. The highest BCUT2D eigenvalue weighted by Crippen LogP contribution is 2.47. The van der Waals surface area contributed by atoms with Crippen molar-refractivity contribution in [1.29, 1.82) is 0 Å². The van der Waals surface area contributed by atoms with E-state index >= 15 is 0 Å². The Kier molecular flexibility index (Phi) is 5.04. The van der Waals surface area contributed by atoms with Crippen LogP contribution in [0.4, 0.5) is 0 Å². The first kappa shape index (κ1) is 20.7. The standard InChI is InChI=1S/C22H27N5O5/c1-22(6-7-22)13-26-19-14(2-5-16(28)25-8-10-32-11-9-25)12-23-27(19)21(31)17(20(26)30)18(29)24-15-3-4-15/h2,5,12,15,30H,3-4,6-11,13H2,1H3,(H,24,29). The Morgan fingerprint density at radius 2 is 2.03 bits per heavy atom. The molecule has 3 aliphatic rings. The lowest BCUT2D eigenvalue weighted by Crippen LogP contribution is -2.39. The molecule has 32 heavy (non-hydrogen) atoms. The van der Waals surface area contributed by atoms with E-state index in [1.807, 2.05) is 0 Å². The molecule has 0 radical (unpaired) electrons. The van der Waals surface area contributed by atoms with Crippen LogP contribution in [0.5, 0.6) is 5.88 Å². The average molecular weight is 441 g/mol. The largest absolute Gasteiger partial charge is 0.494 e. The zero-order valence-corrected chi connectivity index (χ0v) is 18.0. The first-order valence-electron chi connectivity index (χ1n) is 11.1. The highest BCUT2D eigenvalue weighted by Gasteiger charge is 2.39. The van der Waals surface area contributed by atoms with Gasteiger partial charge < -0.3 is 20.1 Å². The molecule has 2 saturated carbocycles. The van der Waals surface area contributed by atoms with Crippen LogP contribution < -0.4 is 10.9 Å². The molecule has 10 heteroatoms. The van der Waals surface area contributed by atoms with Crippen LogP contribution in [0, 0.1) is 5.41 Å². The van der Waals surface area contributed by atoms with E-state index < -0.39 is 11.5 Å². The second-order valence-electron chi connectivity index (χ2n) is 9.25. The van der Waals surface area contributed by atoms with Gasteiger partial charge in [0.15, 0.2) is 5.56 Å². The normalized spacial score (nSPS) is 20.1. The van der Waals surface area contributed by atoms with Crippen LogP contribution in [-0.4, -0.2) is 68.3 Å². The topological polar surface area (TPSA) is 118 Å². The minimum atomic E-state index is -0.674. The maximum Gasteiger partial charge on any atom is 0.291 e. The van der Waals surface area contributed by atoms with Crippen LogP contribution in [0.1, 0.15) is 48.5 Å². The minimum Gasteiger partial charge on any atom is -0.494 e. The van der Waals surface area contributed by atoms with Crippen molar-refractivity contribution < 1.29 is 19.4 Å². The molecule has 1 aliphatic heterocycles.